The number of aromatic hydroxyl groups is 4. The molecule has 10 nitrogen and oxygen atoms in total. The van der Waals surface area contributed by atoms with Gasteiger partial charge in [0, 0.05) is 24.3 Å². The van der Waals surface area contributed by atoms with E-state index in [9.17, 15) is 19.8 Å². The summed E-state index contributed by atoms with van der Waals surface area (Å²) in [6, 6.07) is 17.2. The minimum absolute atomic E-state index is 0.0474. The highest BCUT2D eigenvalue weighted by Gasteiger charge is 2.20. The topological polar surface area (TPSA) is 152 Å². The summed E-state index contributed by atoms with van der Waals surface area (Å²) >= 11 is 0. The molecule has 0 heterocycles. The predicted octanol–water partition coefficient (Wildman–Crippen LogP) is 4.69. The molecule has 0 aliphatic rings. The van der Waals surface area contributed by atoms with Gasteiger partial charge in [0.2, 0.25) is 0 Å². The number of ether oxygens (including phenoxy) is 4. The molecule has 0 unspecified atom stereocenters. The van der Waals surface area contributed by atoms with Crippen LogP contribution in [0.25, 0.3) is 0 Å². The first-order valence-corrected chi connectivity index (χ1v) is 11.7. The Kier molecular flexibility index (Phi) is 9.43. The minimum Gasteiger partial charge on any atom is -0.508 e. The smallest absolute Gasteiger partial charge is 0.200 e. The van der Waals surface area contributed by atoms with Crippen LogP contribution in [0.1, 0.15) is 31.8 Å². The molecule has 4 aromatic rings. The van der Waals surface area contributed by atoms with Crippen molar-refractivity contribution in [2.24, 2.45) is 0 Å². The summed E-state index contributed by atoms with van der Waals surface area (Å²) in [5.74, 6) is 0.233. The van der Waals surface area contributed by atoms with E-state index in [0.717, 1.165) is 12.1 Å². The van der Waals surface area contributed by atoms with Crippen molar-refractivity contribution in [2.75, 3.05) is 28.4 Å². The van der Waals surface area contributed by atoms with E-state index >= 15 is 0 Å². The Balaban J connectivity index is 0.000000225. The van der Waals surface area contributed by atoms with Gasteiger partial charge in [-0.1, -0.05) is 0 Å². The van der Waals surface area contributed by atoms with Gasteiger partial charge in [-0.05, 0) is 48.5 Å². The molecule has 0 saturated heterocycles. The van der Waals surface area contributed by atoms with Gasteiger partial charge in [-0.15, -0.1) is 0 Å². The van der Waals surface area contributed by atoms with Gasteiger partial charge in [-0.2, -0.15) is 0 Å². The zero-order chi connectivity index (χ0) is 29.4. The van der Waals surface area contributed by atoms with Gasteiger partial charge >= 0.3 is 0 Å². The molecule has 4 rings (SSSR count). The standard InChI is InChI=1S/C17H18O5.C13H10O5/c1-19-11-5-7-13(15(9-11)21-3)17(18)14-8-6-12(20-2)10-16(14)22-4;14-7-1-3-9(11(16)5-7)13(18)10-4-2-8(15)6-12(10)17/h5-10H,1-4H3;1-6,14-17H. The van der Waals surface area contributed by atoms with E-state index in [4.69, 9.17) is 29.2 Å². The van der Waals surface area contributed by atoms with E-state index in [1.54, 1.807) is 50.6 Å². The Bertz CT molecular complexity index is 1420. The van der Waals surface area contributed by atoms with Crippen molar-refractivity contribution in [2.45, 2.75) is 0 Å². The van der Waals surface area contributed by atoms with E-state index in [-0.39, 0.29) is 39.9 Å². The molecular weight excluding hydrogens is 520 g/mol. The number of methoxy groups -OCH3 is 4. The van der Waals surface area contributed by atoms with Crippen molar-refractivity contribution in [3.8, 4) is 46.0 Å². The maximum atomic E-state index is 12.8. The van der Waals surface area contributed by atoms with Crippen molar-refractivity contribution >= 4 is 11.6 Å². The third kappa shape index (κ3) is 6.54. The molecule has 0 aromatic heterocycles. The van der Waals surface area contributed by atoms with Gasteiger partial charge < -0.3 is 39.4 Å². The summed E-state index contributed by atoms with van der Waals surface area (Å²) in [4.78, 5) is 24.8. The number of hydrogen-bond acceptors (Lipinski definition) is 10. The average molecular weight is 549 g/mol. The van der Waals surface area contributed by atoms with Crippen molar-refractivity contribution in [3.63, 3.8) is 0 Å². The highest BCUT2D eigenvalue weighted by Crippen LogP contribution is 2.32. The first kappa shape index (κ1) is 29.2. The molecule has 0 radical (unpaired) electrons. The largest absolute Gasteiger partial charge is 0.508 e. The lowest BCUT2D eigenvalue weighted by Gasteiger charge is -2.12. The second-order valence-corrected chi connectivity index (χ2v) is 8.19. The summed E-state index contributed by atoms with van der Waals surface area (Å²) in [5.41, 5.74) is 0.779. The molecule has 0 spiro atoms. The van der Waals surface area contributed by atoms with Crippen LogP contribution in [-0.2, 0) is 0 Å². The molecule has 0 aliphatic carbocycles. The number of phenols is 4. The summed E-state index contributed by atoms with van der Waals surface area (Å²) in [5, 5.41) is 37.4. The molecular formula is C30H28O10. The maximum Gasteiger partial charge on any atom is 0.200 e. The number of hydrogen-bond donors (Lipinski definition) is 4. The highest BCUT2D eigenvalue weighted by atomic mass is 16.5. The summed E-state index contributed by atoms with van der Waals surface area (Å²) in [6.45, 7) is 0. The lowest BCUT2D eigenvalue weighted by atomic mass is 10.0. The number of phenolic OH excluding ortho intramolecular Hbond substituents is 4. The molecule has 0 atom stereocenters. The predicted molar refractivity (Wildman–Crippen MR) is 146 cm³/mol. The average Bonchev–Trinajstić information content (AvgIpc) is 2.96. The van der Waals surface area contributed by atoms with Gasteiger partial charge in [-0.25, -0.2) is 0 Å². The molecule has 0 saturated carbocycles. The van der Waals surface area contributed by atoms with Crippen molar-refractivity contribution in [3.05, 3.63) is 95.1 Å². The van der Waals surface area contributed by atoms with Crippen LogP contribution in [0, 0.1) is 0 Å². The zero-order valence-corrected chi connectivity index (χ0v) is 22.2. The molecule has 10 heteroatoms. The van der Waals surface area contributed by atoms with Crippen molar-refractivity contribution in [1.29, 1.82) is 0 Å². The van der Waals surface area contributed by atoms with Crippen LogP contribution in [0.4, 0.5) is 0 Å². The van der Waals surface area contributed by atoms with Crippen LogP contribution >= 0.6 is 0 Å². The molecule has 208 valence electrons. The monoisotopic (exact) mass is 548 g/mol. The molecule has 0 aliphatic heterocycles. The Morgan fingerprint density at radius 1 is 0.475 bits per heavy atom. The fourth-order valence-electron chi connectivity index (χ4n) is 3.69. The van der Waals surface area contributed by atoms with Crippen molar-refractivity contribution in [1.82, 2.24) is 0 Å². The SMILES string of the molecule is COc1ccc(C(=O)c2ccc(OC)cc2OC)c(OC)c1.O=C(c1ccc(O)cc1O)c1ccc(O)cc1O. The normalized spacial score (nSPS) is 10.1. The Labute approximate surface area is 230 Å². The second kappa shape index (κ2) is 12.9. The third-order valence-corrected chi connectivity index (χ3v) is 5.76. The molecule has 40 heavy (non-hydrogen) atoms. The van der Waals surface area contributed by atoms with Crippen LogP contribution in [0.5, 0.6) is 46.0 Å². The first-order chi connectivity index (χ1) is 19.1. The van der Waals surface area contributed by atoms with E-state index in [2.05, 4.69) is 0 Å². The van der Waals surface area contributed by atoms with Gasteiger partial charge in [0.05, 0.1) is 50.7 Å². The molecule has 4 aromatic carbocycles. The number of carbonyl (C=O) groups excluding carboxylic acids is 2. The number of carbonyl (C=O) groups is 2. The lowest BCUT2D eigenvalue weighted by molar-refractivity contribution is 0.102. The van der Waals surface area contributed by atoms with Crippen LogP contribution in [0.3, 0.4) is 0 Å². The van der Waals surface area contributed by atoms with Crippen LogP contribution in [-0.4, -0.2) is 60.4 Å². The highest BCUT2D eigenvalue weighted by molar-refractivity contribution is 6.13. The number of ketones is 2. The van der Waals surface area contributed by atoms with E-state index < -0.39 is 5.78 Å². The van der Waals surface area contributed by atoms with E-state index in [1.807, 2.05) is 0 Å². The van der Waals surface area contributed by atoms with E-state index in [0.29, 0.717) is 34.1 Å². The Morgan fingerprint density at radius 3 is 1.15 bits per heavy atom. The van der Waals surface area contributed by atoms with Crippen LogP contribution in [0.15, 0.2) is 72.8 Å². The van der Waals surface area contributed by atoms with E-state index in [1.165, 1.54) is 38.5 Å². The fraction of sp³-hybridized carbons (Fsp3) is 0.133. The zero-order valence-electron chi connectivity index (χ0n) is 22.2. The molecule has 0 fully saturated rings. The van der Waals surface area contributed by atoms with Gasteiger partial charge in [0.1, 0.15) is 46.0 Å². The van der Waals surface area contributed by atoms with Crippen LogP contribution in [0.2, 0.25) is 0 Å². The van der Waals surface area contributed by atoms with Crippen LogP contribution < -0.4 is 18.9 Å². The Hall–Kier alpha value is -5.38. The van der Waals surface area contributed by atoms with Gasteiger partial charge in [0.25, 0.3) is 0 Å². The third-order valence-electron chi connectivity index (χ3n) is 5.76. The molecule has 0 amide bonds. The quantitative estimate of drug-likeness (QED) is 0.228. The summed E-state index contributed by atoms with van der Waals surface area (Å²) in [7, 11) is 6.14. The van der Waals surface area contributed by atoms with Gasteiger partial charge in [0.15, 0.2) is 11.6 Å². The fourth-order valence-corrected chi connectivity index (χ4v) is 3.69. The van der Waals surface area contributed by atoms with Gasteiger partial charge in [-0.3, -0.25) is 9.59 Å². The first-order valence-electron chi connectivity index (χ1n) is 11.7. The number of rotatable bonds is 8. The maximum absolute atomic E-state index is 12.8. The lowest BCUT2D eigenvalue weighted by Crippen LogP contribution is -2.06. The Morgan fingerprint density at radius 2 is 0.825 bits per heavy atom. The molecule has 0 bridgehead atoms. The summed E-state index contributed by atoms with van der Waals surface area (Å²) < 4.78 is 20.8. The molecule has 4 N–H and O–H groups in total. The minimum atomic E-state index is -0.606. The van der Waals surface area contributed by atoms with Crippen molar-refractivity contribution < 1.29 is 49.0 Å². The summed E-state index contributed by atoms with van der Waals surface area (Å²) in [6.07, 6.45) is 0. The second-order valence-electron chi connectivity index (χ2n) is 8.19. The number of benzene rings is 4.